The van der Waals surface area contributed by atoms with Crippen molar-refractivity contribution in [3.05, 3.63) is 47.8 Å². The van der Waals surface area contributed by atoms with Gasteiger partial charge in [-0.05, 0) is 37.0 Å². The number of hydrazone groups is 1. The standard InChI is InChI=1S/C14H13FN2O/c15-11-5-1-4-10(7-11)14(18)17-16-13-8-9-3-2-6-12(9)13/h1-5,7,9,12H,6,8H2,(H,17,18)/b16-13+/t9-,12-/m1/s1. The maximum absolute atomic E-state index is 13.0. The molecular formula is C14H13FN2O. The third kappa shape index (κ3) is 1.94. The van der Waals surface area contributed by atoms with Crippen molar-refractivity contribution in [3.63, 3.8) is 0 Å². The fourth-order valence-electron chi connectivity index (χ4n) is 2.48. The van der Waals surface area contributed by atoms with Crippen molar-refractivity contribution in [1.29, 1.82) is 0 Å². The number of benzene rings is 1. The zero-order valence-electron chi connectivity index (χ0n) is 9.77. The maximum Gasteiger partial charge on any atom is 0.271 e. The summed E-state index contributed by atoms with van der Waals surface area (Å²) in [6.45, 7) is 0. The molecule has 1 aromatic rings. The molecular weight excluding hydrogens is 231 g/mol. The lowest BCUT2D eigenvalue weighted by Crippen LogP contribution is -2.35. The average molecular weight is 244 g/mol. The molecule has 1 N–H and O–H groups in total. The van der Waals surface area contributed by atoms with Crippen LogP contribution in [0.1, 0.15) is 23.2 Å². The van der Waals surface area contributed by atoms with Crippen molar-refractivity contribution in [2.45, 2.75) is 12.8 Å². The van der Waals surface area contributed by atoms with Crippen LogP contribution < -0.4 is 5.43 Å². The minimum Gasteiger partial charge on any atom is -0.267 e. The molecule has 0 spiro atoms. The highest BCUT2D eigenvalue weighted by molar-refractivity contribution is 5.98. The first-order chi connectivity index (χ1) is 8.74. The molecule has 92 valence electrons. The zero-order chi connectivity index (χ0) is 12.5. The Bertz CT molecular complexity index is 550. The highest BCUT2D eigenvalue weighted by Gasteiger charge is 2.37. The van der Waals surface area contributed by atoms with E-state index in [0.29, 0.717) is 17.4 Å². The SMILES string of the molecule is O=C(N/N=C1\C[C@H]2C=CC[C@@H]12)c1cccc(F)c1. The van der Waals surface area contributed by atoms with Gasteiger partial charge in [0.2, 0.25) is 0 Å². The summed E-state index contributed by atoms with van der Waals surface area (Å²) in [6, 6.07) is 5.59. The molecule has 0 bridgehead atoms. The molecule has 1 amide bonds. The van der Waals surface area contributed by atoms with Gasteiger partial charge < -0.3 is 0 Å². The third-order valence-corrected chi connectivity index (χ3v) is 3.55. The molecule has 0 aliphatic heterocycles. The second kappa shape index (κ2) is 4.37. The predicted molar refractivity (Wildman–Crippen MR) is 66.7 cm³/mol. The largest absolute Gasteiger partial charge is 0.271 e. The number of hydrogen-bond acceptors (Lipinski definition) is 2. The van der Waals surface area contributed by atoms with Crippen LogP contribution in [0, 0.1) is 17.7 Å². The summed E-state index contributed by atoms with van der Waals surface area (Å²) in [6.07, 6.45) is 6.30. The molecule has 0 heterocycles. The van der Waals surface area contributed by atoms with Gasteiger partial charge in [0, 0.05) is 17.2 Å². The maximum atomic E-state index is 13.0. The first-order valence-electron chi connectivity index (χ1n) is 6.03. The first-order valence-corrected chi connectivity index (χ1v) is 6.03. The average Bonchev–Trinajstić information content (AvgIpc) is 2.71. The molecule has 0 unspecified atom stereocenters. The number of hydrogen-bond donors (Lipinski definition) is 1. The molecule has 1 fully saturated rings. The Morgan fingerprint density at radius 2 is 2.33 bits per heavy atom. The van der Waals surface area contributed by atoms with Crippen LogP contribution in [0.25, 0.3) is 0 Å². The molecule has 0 aromatic heterocycles. The topological polar surface area (TPSA) is 41.5 Å². The van der Waals surface area contributed by atoms with E-state index in [1.807, 2.05) is 0 Å². The lowest BCUT2D eigenvalue weighted by atomic mass is 9.74. The first kappa shape index (κ1) is 11.1. The highest BCUT2D eigenvalue weighted by Crippen LogP contribution is 2.40. The lowest BCUT2D eigenvalue weighted by molar-refractivity contribution is 0.0953. The van der Waals surface area contributed by atoms with Crippen LogP contribution in [0.3, 0.4) is 0 Å². The summed E-state index contributed by atoms with van der Waals surface area (Å²) in [7, 11) is 0. The predicted octanol–water partition coefficient (Wildman–Crippen LogP) is 2.51. The second-order valence-electron chi connectivity index (χ2n) is 4.69. The van der Waals surface area contributed by atoms with Crippen LogP contribution in [0.4, 0.5) is 4.39 Å². The molecule has 1 aromatic carbocycles. The lowest BCUT2D eigenvalue weighted by Gasteiger charge is -2.31. The second-order valence-corrected chi connectivity index (χ2v) is 4.69. The molecule has 2 aliphatic rings. The Morgan fingerprint density at radius 1 is 1.44 bits per heavy atom. The van der Waals surface area contributed by atoms with E-state index in [4.69, 9.17) is 0 Å². The van der Waals surface area contributed by atoms with E-state index in [9.17, 15) is 9.18 Å². The number of carbonyl (C=O) groups is 1. The van der Waals surface area contributed by atoms with Crippen molar-refractivity contribution in [1.82, 2.24) is 5.43 Å². The summed E-state index contributed by atoms with van der Waals surface area (Å²) >= 11 is 0. The van der Waals surface area contributed by atoms with Gasteiger partial charge in [-0.2, -0.15) is 5.10 Å². The van der Waals surface area contributed by atoms with Crippen molar-refractivity contribution >= 4 is 11.6 Å². The van der Waals surface area contributed by atoms with Crippen LogP contribution in [-0.4, -0.2) is 11.6 Å². The molecule has 2 atom stereocenters. The molecule has 3 rings (SSSR count). The van der Waals surface area contributed by atoms with E-state index in [-0.39, 0.29) is 5.91 Å². The third-order valence-electron chi connectivity index (χ3n) is 3.55. The smallest absolute Gasteiger partial charge is 0.267 e. The van der Waals surface area contributed by atoms with E-state index in [2.05, 4.69) is 22.7 Å². The van der Waals surface area contributed by atoms with Gasteiger partial charge in [0.1, 0.15) is 5.82 Å². The van der Waals surface area contributed by atoms with E-state index in [0.717, 1.165) is 18.6 Å². The highest BCUT2D eigenvalue weighted by atomic mass is 19.1. The summed E-state index contributed by atoms with van der Waals surface area (Å²) < 4.78 is 13.0. The van der Waals surface area contributed by atoms with Gasteiger partial charge in [-0.3, -0.25) is 4.79 Å². The molecule has 2 aliphatic carbocycles. The van der Waals surface area contributed by atoms with Crippen molar-refractivity contribution in [3.8, 4) is 0 Å². The van der Waals surface area contributed by atoms with Crippen LogP contribution in [0.2, 0.25) is 0 Å². The normalized spacial score (nSPS) is 26.8. The number of carbonyl (C=O) groups excluding carboxylic acids is 1. The van der Waals surface area contributed by atoms with Crippen LogP contribution in [-0.2, 0) is 0 Å². The number of fused-ring (bicyclic) bond motifs is 1. The van der Waals surface area contributed by atoms with Gasteiger partial charge in [-0.1, -0.05) is 18.2 Å². The minimum absolute atomic E-state index is 0.291. The fourth-order valence-corrected chi connectivity index (χ4v) is 2.48. The number of halogens is 1. The fraction of sp³-hybridized carbons (Fsp3) is 0.286. The number of nitrogens with one attached hydrogen (secondary N) is 1. The summed E-state index contributed by atoms with van der Waals surface area (Å²) in [5.41, 5.74) is 3.82. The summed E-state index contributed by atoms with van der Waals surface area (Å²) in [4.78, 5) is 11.7. The van der Waals surface area contributed by atoms with Gasteiger partial charge in [-0.15, -0.1) is 0 Å². The molecule has 3 nitrogen and oxygen atoms in total. The Balaban J connectivity index is 1.64. The zero-order valence-corrected chi connectivity index (χ0v) is 9.77. The van der Waals surface area contributed by atoms with E-state index < -0.39 is 5.82 Å². The Kier molecular flexibility index (Phi) is 2.70. The van der Waals surface area contributed by atoms with Crippen LogP contribution >= 0.6 is 0 Å². The summed E-state index contributed by atoms with van der Waals surface area (Å²) in [5.74, 6) is 0.294. The molecule has 0 radical (unpaired) electrons. The van der Waals surface area contributed by atoms with Gasteiger partial charge in [0.05, 0.1) is 0 Å². The number of rotatable bonds is 2. The molecule has 4 heteroatoms. The quantitative estimate of drug-likeness (QED) is 0.630. The van der Waals surface area contributed by atoms with Crippen molar-refractivity contribution in [2.75, 3.05) is 0 Å². The van der Waals surface area contributed by atoms with Gasteiger partial charge in [0.25, 0.3) is 5.91 Å². The van der Waals surface area contributed by atoms with Crippen molar-refractivity contribution < 1.29 is 9.18 Å². The minimum atomic E-state index is -0.418. The van der Waals surface area contributed by atoms with Gasteiger partial charge in [-0.25, -0.2) is 9.82 Å². The summed E-state index contributed by atoms with van der Waals surface area (Å²) in [5, 5.41) is 4.13. The van der Waals surface area contributed by atoms with Gasteiger partial charge >= 0.3 is 0 Å². The van der Waals surface area contributed by atoms with Crippen LogP contribution in [0.5, 0.6) is 0 Å². The Morgan fingerprint density at radius 3 is 3.11 bits per heavy atom. The number of amides is 1. The monoisotopic (exact) mass is 244 g/mol. The van der Waals surface area contributed by atoms with Gasteiger partial charge in [0.15, 0.2) is 0 Å². The number of nitrogens with zero attached hydrogens (tertiary/aromatic N) is 1. The molecule has 0 saturated heterocycles. The van der Waals surface area contributed by atoms with E-state index >= 15 is 0 Å². The molecule has 1 saturated carbocycles. The molecule has 18 heavy (non-hydrogen) atoms. The Hall–Kier alpha value is -1.97. The Labute approximate surface area is 104 Å². The van der Waals surface area contributed by atoms with Crippen molar-refractivity contribution in [2.24, 2.45) is 16.9 Å². The van der Waals surface area contributed by atoms with Crippen LogP contribution in [0.15, 0.2) is 41.5 Å². The van der Waals surface area contributed by atoms with E-state index in [1.165, 1.54) is 18.2 Å². The number of allylic oxidation sites excluding steroid dienone is 2. The van der Waals surface area contributed by atoms with E-state index in [1.54, 1.807) is 6.07 Å².